The van der Waals surface area contributed by atoms with Crippen molar-refractivity contribution in [2.75, 3.05) is 6.54 Å². The Morgan fingerprint density at radius 2 is 1.68 bits per heavy atom. The van der Waals surface area contributed by atoms with Gasteiger partial charge in [-0.25, -0.2) is 0 Å². The van der Waals surface area contributed by atoms with Crippen molar-refractivity contribution in [1.82, 2.24) is 10.3 Å². The van der Waals surface area contributed by atoms with E-state index in [1.54, 1.807) is 12.4 Å². The molecule has 1 N–H and O–H groups in total. The number of nitrogens with zero attached hydrogens (tertiary/aromatic N) is 1. The van der Waals surface area contributed by atoms with Crippen molar-refractivity contribution in [3.63, 3.8) is 0 Å². The molecule has 1 aromatic carbocycles. The Kier molecular flexibility index (Phi) is 8.18. The van der Waals surface area contributed by atoms with Gasteiger partial charge in [-0.1, -0.05) is 52.0 Å². The Balaban J connectivity index is 1.86. The molecule has 2 rings (SSSR count). The number of aromatic nitrogens is 1. The fraction of sp³-hybridized carbons (Fsp3) is 0.435. The lowest BCUT2D eigenvalue weighted by molar-refractivity contribution is -0.136. The summed E-state index contributed by atoms with van der Waals surface area (Å²) in [5, 5.41) is 2.84. The van der Waals surface area contributed by atoms with Crippen molar-refractivity contribution < 1.29 is 14.3 Å². The highest BCUT2D eigenvalue weighted by molar-refractivity contribution is 5.82. The fourth-order valence-electron chi connectivity index (χ4n) is 2.96. The lowest BCUT2D eigenvalue weighted by Gasteiger charge is -2.18. The topological polar surface area (TPSA) is 68.3 Å². The number of para-hydroxylation sites is 1. The molecule has 5 nitrogen and oxygen atoms in total. The lowest BCUT2D eigenvalue weighted by atomic mass is 9.94. The van der Waals surface area contributed by atoms with Crippen LogP contribution in [0.5, 0.6) is 5.75 Å². The van der Waals surface area contributed by atoms with Crippen molar-refractivity contribution >= 4 is 11.9 Å². The van der Waals surface area contributed by atoms with E-state index in [0.29, 0.717) is 18.7 Å². The average Bonchev–Trinajstić information content (AvgIpc) is 2.67. The van der Waals surface area contributed by atoms with Gasteiger partial charge in [0.2, 0.25) is 5.91 Å². The molecule has 0 saturated carbocycles. The van der Waals surface area contributed by atoms with E-state index in [4.69, 9.17) is 4.74 Å². The van der Waals surface area contributed by atoms with Gasteiger partial charge in [0.1, 0.15) is 5.75 Å². The Bertz CT molecular complexity index is 759. The highest BCUT2D eigenvalue weighted by Crippen LogP contribution is 2.34. The Labute approximate surface area is 167 Å². The van der Waals surface area contributed by atoms with Gasteiger partial charge in [0.15, 0.2) is 0 Å². The molecule has 0 atom stereocenters. The van der Waals surface area contributed by atoms with Crippen molar-refractivity contribution in [3.8, 4) is 5.75 Å². The maximum absolute atomic E-state index is 12.4. The van der Waals surface area contributed by atoms with Gasteiger partial charge in [0, 0.05) is 25.4 Å². The van der Waals surface area contributed by atoms with E-state index in [-0.39, 0.29) is 36.6 Å². The van der Waals surface area contributed by atoms with Crippen LogP contribution in [0.2, 0.25) is 0 Å². The largest absolute Gasteiger partial charge is 0.426 e. The third-order valence-electron chi connectivity index (χ3n) is 4.55. The number of rotatable bonds is 9. The van der Waals surface area contributed by atoms with E-state index in [2.05, 4.69) is 38.0 Å². The zero-order chi connectivity index (χ0) is 20.5. The number of carbonyl (C=O) groups excluding carboxylic acids is 2. The van der Waals surface area contributed by atoms with E-state index in [9.17, 15) is 9.59 Å². The first-order valence-corrected chi connectivity index (χ1v) is 9.87. The van der Waals surface area contributed by atoms with Crippen LogP contribution in [0, 0.1) is 0 Å². The van der Waals surface area contributed by atoms with Crippen LogP contribution in [-0.2, 0) is 16.0 Å². The first-order chi connectivity index (χ1) is 13.4. The second-order valence-electron chi connectivity index (χ2n) is 7.51. The summed E-state index contributed by atoms with van der Waals surface area (Å²) in [6.45, 7) is 8.82. The molecule has 150 valence electrons. The quantitative estimate of drug-likeness (QED) is 0.516. The second-order valence-corrected chi connectivity index (χ2v) is 7.51. The smallest absolute Gasteiger partial charge is 0.311 e. The minimum atomic E-state index is -0.377. The highest BCUT2D eigenvalue weighted by atomic mass is 16.5. The molecular weight excluding hydrogens is 352 g/mol. The standard InChI is InChI=1S/C23H30N2O3/c1-16(2)19-8-5-9-20(17(3)4)23(19)28-22(27)11-10-21(26)25-14-12-18-7-6-13-24-15-18/h5-9,13,15-17H,10-12,14H2,1-4H3,(H,25,26). The van der Waals surface area contributed by atoms with Gasteiger partial charge in [0.25, 0.3) is 0 Å². The number of nitrogens with one attached hydrogen (secondary N) is 1. The van der Waals surface area contributed by atoms with Crippen LogP contribution in [0.25, 0.3) is 0 Å². The molecule has 0 aliphatic heterocycles. The van der Waals surface area contributed by atoms with Crippen LogP contribution in [0.3, 0.4) is 0 Å². The maximum Gasteiger partial charge on any atom is 0.311 e. The zero-order valence-electron chi connectivity index (χ0n) is 17.2. The Morgan fingerprint density at radius 1 is 1.00 bits per heavy atom. The summed E-state index contributed by atoms with van der Waals surface area (Å²) in [7, 11) is 0. The van der Waals surface area contributed by atoms with Gasteiger partial charge in [-0.3, -0.25) is 14.6 Å². The maximum atomic E-state index is 12.4. The molecule has 28 heavy (non-hydrogen) atoms. The average molecular weight is 383 g/mol. The van der Waals surface area contributed by atoms with Crippen molar-refractivity contribution in [2.45, 2.75) is 58.8 Å². The molecule has 5 heteroatoms. The second kappa shape index (κ2) is 10.6. The Morgan fingerprint density at radius 3 is 2.25 bits per heavy atom. The van der Waals surface area contributed by atoms with E-state index >= 15 is 0 Å². The summed E-state index contributed by atoms with van der Waals surface area (Å²) in [6.07, 6.45) is 4.39. The molecule has 0 spiro atoms. The summed E-state index contributed by atoms with van der Waals surface area (Å²) < 4.78 is 5.70. The summed E-state index contributed by atoms with van der Waals surface area (Å²) in [6, 6.07) is 9.81. The van der Waals surface area contributed by atoms with Gasteiger partial charge in [-0.05, 0) is 41.0 Å². The van der Waals surface area contributed by atoms with Gasteiger partial charge in [0.05, 0.1) is 6.42 Å². The Hall–Kier alpha value is -2.69. The van der Waals surface area contributed by atoms with Gasteiger partial charge >= 0.3 is 5.97 Å². The minimum absolute atomic E-state index is 0.0582. The molecule has 0 saturated heterocycles. The number of benzene rings is 1. The predicted molar refractivity (Wildman–Crippen MR) is 110 cm³/mol. The van der Waals surface area contributed by atoms with Gasteiger partial charge < -0.3 is 10.1 Å². The SMILES string of the molecule is CC(C)c1cccc(C(C)C)c1OC(=O)CCC(=O)NCCc1cccnc1. The zero-order valence-corrected chi connectivity index (χ0v) is 17.2. The summed E-state index contributed by atoms with van der Waals surface area (Å²) >= 11 is 0. The van der Waals surface area contributed by atoms with Crippen molar-refractivity contribution in [3.05, 3.63) is 59.4 Å². The van der Waals surface area contributed by atoms with E-state index in [1.165, 1.54) is 0 Å². The van der Waals surface area contributed by atoms with Crippen LogP contribution in [0.1, 0.15) is 69.1 Å². The number of pyridine rings is 1. The fourth-order valence-corrected chi connectivity index (χ4v) is 2.96. The predicted octanol–water partition coefficient (Wildman–Crippen LogP) is 4.37. The van der Waals surface area contributed by atoms with E-state index in [0.717, 1.165) is 16.7 Å². The number of hydrogen-bond acceptors (Lipinski definition) is 4. The monoisotopic (exact) mass is 382 g/mol. The van der Waals surface area contributed by atoms with E-state index in [1.807, 2.05) is 30.3 Å². The number of ether oxygens (including phenoxy) is 1. The molecule has 1 aromatic heterocycles. The summed E-state index contributed by atoms with van der Waals surface area (Å²) in [5.41, 5.74) is 3.09. The molecule has 2 aromatic rings. The molecule has 0 fully saturated rings. The molecule has 0 aliphatic rings. The normalized spacial score (nSPS) is 10.9. The molecule has 0 unspecified atom stereocenters. The van der Waals surface area contributed by atoms with Crippen LogP contribution in [0.4, 0.5) is 0 Å². The van der Waals surface area contributed by atoms with Crippen LogP contribution >= 0.6 is 0 Å². The van der Waals surface area contributed by atoms with Crippen molar-refractivity contribution in [1.29, 1.82) is 0 Å². The van der Waals surface area contributed by atoms with Crippen LogP contribution in [-0.4, -0.2) is 23.4 Å². The molecule has 0 bridgehead atoms. The minimum Gasteiger partial charge on any atom is -0.426 e. The first kappa shape index (κ1) is 21.6. The molecule has 1 amide bonds. The van der Waals surface area contributed by atoms with Gasteiger partial charge in [-0.15, -0.1) is 0 Å². The number of hydrogen-bond donors (Lipinski definition) is 1. The third-order valence-corrected chi connectivity index (χ3v) is 4.55. The van der Waals surface area contributed by atoms with Crippen LogP contribution < -0.4 is 10.1 Å². The lowest BCUT2D eigenvalue weighted by Crippen LogP contribution is -2.26. The third kappa shape index (κ3) is 6.48. The molecule has 0 radical (unpaired) electrons. The van der Waals surface area contributed by atoms with E-state index < -0.39 is 0 Å². The number of carbonyl (C=O) groups is 2. The number of esters is 1. The highest BCUT2D eigenvalue weighted by Gasteiger charge is 2.18. The summed E-state index contributed by atoms with van der Waals surface area (Å²) in [5.74, 6) is 0.614. The molecule has 1 heterocycles. The first-order valence-electron chi connectivity index (χ1n) is 9.87. The summed E-state index contributed by atoms with van der Waals surface area (Å²) in [4.78, 5) is 28.4. The molecule has 0 aliphatic carbocycles. The molecular formula is C23H30N2O3. The van der Waals surface area contributed by atoms with Gasteiger partial charge in [-0.2, -0.15) is 0 Å². The number of amides is 1. The van der Waals surface area contributed by atoms with Crippen molar-refractivity contribution in [2.24, 2.45) is 0 Å². The van der Waals surface area contributed by atoms with Crippen LogP contribution in [0.15, 0.2) is 42.7 Å².